The maximum absolute atomic E-state index is 12.3. The standard InChI is InChI=1S/C16H12ClNO5S/c1-21-16(20)14-9(4-5-22-14)8-23-15(19)11-7-18-6-10(11)12-2-3-13(17)24-12/h2-7,18H,8H2,1H3. The van der Waals surface area contributed by atoms with Crippen LogP contribution in [0.25, 0.3) is 10.4 Å². The fraction of sp³-hybridized carbons (Fsp3) is 0.125. The molecule has 0 spiro atoms. The van der Waals surface area contributed by atoms with E-state index < -0.39 is 11.9 Å². The first-order valence-corrected chi connectivity index (χ1v) is 8.04. The Morgan fingerprint density at radius 3 is 2.79 bits per heavy atom. The van der Waals surface area contributed by atoms with Crippen molar-refractivity contribution in [2.24, 2.45) is 0 Å². The smallest absolute Gasteiger partial charge is 0.374 e. The fourth-order valence-corrected chi connectivity index (χ4v) is 3.21. The molecular formula is C16H12ClNO5S. The van der Waals surface area contributed by atoms with Crippen molar-refractivity contribution in [2.45, 2.75) is 6.61 Å². The molecule has 0 saturated carbocycles. The van der Waals surface area contributed by atoms with E-state index in [2.05, 4.69) is 9.72 Å². The molecule has 0 aliphatic rings. The van der Waals surface area contributed by atoms with Crippen LogP contribution in [0.2, 0.25) is 4.34 Å². The van der Waals surface area contributed by atoms with Gasteiger partial charge in [0.15, 0.2) is 0 Å². The van der Waals surface area contributed by atoms with E-state index in [1.165, 1.54) is 24.7 Å². The van der Waals surface area contributed by atoms with Crippen LogP contribution in [0.4, 0.5) is 0 Å². The molecular weight excluding hydrogens is 354 g/mol. The van der Waals surface area contributed by atoms with Crippen molar-refractivity contribution in [3.05, 3.63) is 58.1 Å². The lowest BCUT2D eigenvalue weighted by Crippen LogP contribution is -2.08. The van der Waals surface area contributed by atoms with Gasteiger partial charge in [-0.05, 0) is 18.2 Å². The average molecular weight is 366 g/mol. The minimum Gasteiger partial charge on any atom is -0.463 e. The van der Waals surface area contributed by atoms with E-state index in [0.29, 0.717) is 21.0 Å². The molecule has 6 nitrogen and oxygen atoms in total. The number of H-pyrrole nitrogens is 1. The number of esters is 2. The van der Waals surface area contributed by atoms with Crippen LogP contribution in [0, 0.1) is 0 Å². The van der Waals surface area contributed by atoms with Crippen LogP contribution >= 0.6 is 22.9 Å². The second-order valence-corrected chi connectivity index (χ2v) is 6.44. The molecule has 3 heterocycles. The molecule has 24 heavy (non-hydrogen) atoms. The number of methoxy groups -OCH3 is 1. The van der Waals surface area contributed by atoms with Gasteiger partial charge in [-0.15, -0.1) is 11.3 Å². The summed E-state index contributed by atoms with van der Waals surface area (Å²) < 4.78 is 15.6. The minimum atomic E-state index is -0.624. The normalized spacial score (nSPS) is 10.6. The zero-order valence-corrected chi connectivity index (χ0v) is 14.1. The number of halogens is 1. The number of ether oxygens (including phenoxy) is 2. The van der Waals surface area contributed by atoms with E-state index in [9.17, 15) is 9.59 Å². The van der Waals surface area contributed by atoms with Crippen LogP contribution in [0.1, 0.15) is 26.5 Å². The molecule has 1 N–H and O–H groups in total. The molecule has 0 aromatic carbocycles. The third-order valence-electron chi connectivity index (χ3n) is 3.28. The summed E-state index contributed by atoms with van der Waals surface area (Å²) in [5.41, 5.74) is 1.53. The molecule has 0 unspecified atom stereocenters. The Morgan fingerprint density at radius 2 is 2.08 bits per heavy atom. The number of carbonyl (C=O) groups excluding carboxylic acids is 2. The Morgan fingerprint density at radius 1 is 1.25 bits per heavy atom. The zero-order chi connectivity index (χ0) is 17.1. The van der Waals surface area contributed by atoms with Crippen LogP contribution in [0.15, 0.2) is 41.3 Å². The number of carbonyl (C=O) groups is 2. The summed E-state index contributed by atoms with van der Waals surface area (Å²) in [6.07, 6.45) is 4.60. The maximum Gasteiger partial charge on any atom is 0.374 e. The molecule has 3 aromatic rings. The summed E-state index contributed by atoms with van der Waals surface area (Å²) in [4.78, 5) is 27.6. The quantitative estimate of drug-likeness (QED) is 0.687. The van der Waals surface area contributed by atoms with Crippen LogP contribution in [-0.2, 0) is 16.1 Å². The molecule has 8 heteroatoms. The van der Waals surface area contributed by atoms with Crippen LogP contribution in [0.5, 0.6) is 0 Å². The van der Waals surface area contributed by atoms with E-state index in [4.69, 9.17) is 20.8 Å². The monoisotopic (exact) mass is 365 g/mol. The van der Waals surface area contributed by atoms with E-state index in [-0.39, 0.29) is 12.4 Å². The number of nitrogens with one attached hydrogen (secondary N) is 1. The molecule has 0 radical (unpaired) electrons. The number of furan rings is 1. The predicted molar refractivity (Wildman–Crippen MR) is 88.3 cm³/mol. The highest BCUT2D eigenvalue weighted by Gasteiger charge is 2.20. The van der Waals surface area contributed by atoms with Gasteiger partial charge in [0.25, 0.3) is 0 Å². The lowest BCUT2D eigenvalue weighted by Gasteiger charge is -2.05. The van der Waals surface area contributed by atoms with Gasteiger partial charge in [0.05, 0.1) is 23.3 Å². The van der Waals surface area contributed by atoms with Gasteiger partial charge in [-0.3, -0.25) is 0 Å². The second kappa shape index (κ2) is 6.94. The van der Waals surface area contributed by atoms with Crippen molar-refractivity contribution < 1.29 is 23.5 Å². The summed E-state index contributed by atoms with van der Waals surface area (Å²) in [6, 6.07) is 5.15. The molecule has 0 aliphatic carbocycles. The van der Waals surface area contributed by atoms with E-state index in [1.807, 2.05) is 6.07 Å². The van der Waals surface area contributed by atoms with Crippen molar-refractivity contribution in [1.82, 2.24) is 4.98 Å². The number of hydrogen-bond donors (Lipinski definition) is 1. The molecule has 3 rings (SSSR count). The highest BCUT2D eigenvalue weighted by atomic mass is 35.5. The average Bonchev–Trinajstić information content (AvgIpc) is 3.31. The molecule has 0 bridgehead atoms. The molecule has 0 aliphatic heterocycles. The minimum absolute atomic E-state index is 0.0182. The Bertz CT molecular complexity index is 879. The zero-order valence-electron chi connectivity index (χ0n) is 12.5. The topological polar surface area (TPSA) is 81.5 Å². The van der Waals surface area contributed by atoms with Gasteiger partial charge in [0.2, 0.25) is 5.76 Å². The molecule has 0 atom stereocenters. The highest BCUT2D eigenvalue weighted by molar-refractivity contribution is 7.19. The van der Waals surface area contributed by atoms with Crippen molar-refractivity contribution in [3.63, 3.8) is 0 Å². The molecule has 0 saturated heterocycles. The van der Waals surface area contributed by atoms with Crippen LogP contribution in [-0.4, -0.2) is 24.0 Å². The molecule has 3 aromatic heterocycles. The highest BCUT2D eigenvalue weighted by Crippen LogP contribution is 2.33. The van der Waals surface area contributed by atoms with Crippen LogP contribution in [0.3, 0.4) is 0 Å². The van der Waals surface area contributed by atoms with Gasteiger partial charge in [-0.2, -0.15) is 0 Å². The lowest BCUT2D eigenvalue weighted by atomic mass is 10.1. The summed E-state index contributed by atoms with van der Waals surface area (Å²) in [5, 5.41) is 0. The first-order valence-electron chi connectivity index (χ1n) is 6.84. The van der Waals surface area contributed by atoms with Crippen LogP contribution < -0.4 is 0 Å². The molecule has 124 valence electrons. The first-order chi connectivity index (χ1) is 11.6. The van der Waals surface area contributed by atoms with Gasteiger partial charge >= 0.3 is 11.9 Å². The van der Waals surface area contributed by atoms with Gasteiger partial charge in [-0.25, -0.2) is 9.59 Å². The maximum atomic E-state index is 12.3. The van der Waals surface area contributed by atoms with Crippen molar-refractivity contribution in [2.75, 3.05) is 7.11 Å². The lowest BCUT2D eigenvalue weighted by molar-refractivity contribution is 0.0454. The second-order valence-electron chi connectivity index (χ2n) is 4.73. The van der Waals surface area contributed by atoms with Gasteiger partial charge < -0.3 is 18.9 Å². The predicted octanol–water partition coefficient (Wildman–Crippen LogP) is 4.13. The number of rotatable bonds is 5. The summed E-state index contributed by atoms with van der Waals surface area (Å²) in [5.74, 6) is -1.13. The number of thiophene rings is 1. The van der Waals surface area contributed by atoms with Crippen molar-refractivity contribution in [1.29, 1.82) is 0 Å². The summed E-state index contributed by atoms with van der Waals surface area (Å²) >= 11 is 7.30. The Balaban J connectivity index is 1.74. The fourth-order valence-electron chi connectivity index (χ4n) is 2.14. The Kier molecular flexibility index (Phi) is 4.73. The van der Waals surface area contributed by atoms with Crippen molar-refractivity contribution >= 4 is 34.9 Å². The Hall–Kier alpha value is -2.51. The van der Waals surface area contributed by atoms with E-state index in [0.717, 1.165) is 4.88 Å². The number of aromatic nitrogens is 1. The van der Waals surface area contributed by atoms with E-state index >= 15 is 0 Å². The molecule has 0 amide bonds. The third kappa shape index (κ3) is 3.22. The SMILES string of the molecule is COC(=O)c1occc1COC(=O)c1c[nH]cc1-c1ccc(Cl)s1. The number of hydrogen-bond acceptors (Lipinski definition) is 6. The number of aromatic amines is 1. The van der Waals surface area contributed by atoms with Crippen molar-refractivity contribution in [3.8, 4) is 10.4 Å². The first kappa shape index (κ1) is 16.4. The Labute approximate surface area is 146 Å². The van der Waals surface area contributed by atoms with Gasteiger partial charge in [0.1, 0.15) is 6.61 Å². The van der Waals surface area contributed by atoms with Gasteiger partial charge in [0, 0.05) is 28.4 Å². The molecule has 0 fully saturated rings. The largest absolute Gasteiger partial charge is 0.463 e. The summed E-state index contributed by atoms with van der Waals surface area (Å²) in [6.45, 7) is -0.102. The van der Waals surface area contributed by atoms with Gasteiger partial charge in [-0.1, -0.05) is 11.6 Å². The van der Waals surface area contributed by atoms with E-state index in [1.54, 1.807) is 24.5 Å². The third-order valence-corrected chi connectivity index (χ3v) is 4.54. The summed E-state index contributed by atoms with van der Waals surface area (Å²) in [7, 11) is 1.25.